The molecular weight excluding hydrogens is 386 g/mol. The molecule has 0 spiro atoms. The molecule has 30 heavy (non-hydrogen) atoms. The van der Waals surface area contributed by atoms with E-state index >= 15 is 0 Å². The van der Waals surface area contributed by atoms with Gasteiger partial charge in [-0.2, -0.15) is 0 Å². The number of ether oxygens (including phenoxy) is 2. The number of likely N-dealkylation sites (tertiary alicyclic amines) is 1. The highest BCUT2D eigenvalue weighted by Crippen LogP contribution is 2.35. The van der Waals surface area contributed by atoms with E-state index in [-0.39, 0.29) is 24.1 Å². The van der Waals surface area contributed by atoms with Gasteiger partial charge in [-0.05, 0) is 45.2 Å². The van der Waals surface area contributed by atoms with Crippen molar-refractivity contribution < 1.29 is 23.6 Å². The lowest BCUT2D eigenvalue weighted by Gasteiger charge is -2.39. The van der Waals surface area contributed by atoms with Crippen LogP contribution in [0.2, 0.25) is 0 Å². The summed E-state index contributed by atoms with van der Waals surface area (Å²) in [5.74, 6) is 0.700. The number of primary amides is 1. The largest absolute Gasteiger partial charge is 0.489 e. The van der Waals surface area contributed by atoms with Crippen LogP contribution in [0.15, 0.2) is 28.8 Å². The molecule has 0 unspecified atom stereocenters. The van der Waals surface area contributed by atoms with E-state index in [0.717, 1.165) is 5.56 Å². The van der Waals surface area contributed by atoms with Crippen molar-refractivity contribution in [1.29, 1.82) is 0 Å². The Morgan fingerprint density at radius 1 is 1.20 bits per heavy atom. The number of carbonyl (C=O) groups excluding carboxylic acids is 2. The van der Waals surface area contributed by atoms with Gasteiger partial charge < -0.3 is 24.6 Å². The highest BCUT2D eigenvalue weighted by Gasteiger charge is 2.41. The summed E-state index contributed by atoms with van der Waals surface area (Å²) in [5.41, 5.74) is 7.06. The molecule has 1 aromatic carbocycles. The Morgan fingerprint density at radius 2 is 1.87 bits per heavy atom. The molecule has 8 heteroatoms. The lowest BCUT2D eigenvalue weighted by molar-refractivity contribution is -0.131. The number of carbonyl (C=O) groups is 2. The second kappa shape index (κ2) is 9.30. The fourth-order valence-electron chi connectivity index (χ4n) is 3.72. The van der Waals surface area contributed by atoms with Gasteiger partial charge in [-0.15, -0.1) is 0 Å². The van der Waals surface area contributed by atoms with Gasteiger partial charge >= 0.3 is 0 Å². The Balaban J connectivity index is 1.67. The van der Waals surface area contributed by atoms with Crippen molar-refractivity contribution in [1.82, 2.24) is 10.1 Å². The number of aryl methyl sites for hydroxylation is 2. The molecule has 162 valence electrons. The number of benzene rings is 1. The molecule has 0 bridgehead atoms. The van der Waals surface area contributed by atoms with Crippen LogP contribution in [0, 0.1) is 19.3 Å². The van der Waals surface area contributed by atoms with Gasteiger partial charge in [-0.1, -0.05) is 22.9 Å². The van der Waals surface area contributed by atoms with Crippen molar-refractivity contribution in [3.63, 3.8) is 0 Å². The average molecular weight is 415 g/mol. The third-order valence-corrected chi connectivity index (χ3v) is 5.91. The third-order valence-electron chi connectivity index (χ3n) is 5.91. The average Bonchev–Trinajstić information content (AvgIpc) is 3.12. The second-order valence-corrected chi connectivity index (χ2v) is 7.85. The van der Waals surface area contributed by atoms with Gasteiger partial charge in [0, 0.05) is 26.8 Å². The van der Waals surface area contributed by atoms with E-state index in [2.05, 4.69) is 5.16 Å². The summed E-state index contributed by atoms with van der Waals surface area (Å²) in [6.07, 6.45) is 1.56. The van der Waals surface area contributed by atoms with E-state index in [1.807, 2.05) is 31.2 Å². The first-order valence-electron chi connectivity index (χ1n) is 10.1. The Bertz CT molecular complexity index is 883. The Hall–Kier alpha value is -2.87. The van der Waals surface area contributed by atoms with E-state index < -0.39 is 5.41 Å². The first-order chi connectivity index (χ1) is 14.4. The van der Waals surface area contributed by atoms with Gasteiger partial charge in [0.15, 0.2) is 5.69 Å². The van der Waals surface area contributed by atoms with Crippen LogP contribution in [0.5, 0.6) is 5.75 Å². The summed E-state index contributed by atoms with van der Waals surface area (Å²) in [6, 6.07) is 7.69. The molecular formula is C22H29N3O5. The van der Waals surface area contributed by atoms with E-state index in [1.165, 1.54) is 0 Å². The quantitative estimate of drug-likeness (QED) is 0.710. The lowest BCUT2D eigenvalue weighted by atomic mass is 9.75. The minimum Gasteiger partial charge on any atom is -0.489 e. The molecule has 0 radical (unpaired) electrons. The molecule has 3 rings (SSSR count). The second-order valence-electron chi connectivity index (χ2n) is 7.85. The molecule has 2 heterocycles. The maximum Gasteiger partial charge on any atom is 0.276 e. The van der Waals surface area contributed by atoms with Gasteiger partial charge in [0.25, 0.3) is 5.91 Å². The summed E-state index contributed by atoms with van der Waals surface area (Å²) in [5, 5.41) is 3.98. The number of nitrogens with zero attached hydrogens (tertiary/aromatic N) is 2. The Kier molecular flexibility index (Phi) is 6.77. The van der Waals surface area contributed by atoms with Crippen molar-refractivity contribution >= 4 is 11.8 Å². The number of amides is 2. The third kappa shape index (κ3) is 4.64. The number of piperidine rings is 1. The van der Waals surface area contributed by atoms with Crippen molar-refractivity contribution in [3.05, 3.63) is 46.8 Å². The van der Waals surface area contributed by atoms with Gasteiger partial charge in [0.1, 0.15) is 18.1 Å². The highest BCUT2D eigenvalue weighted by molar-refractivity contribution is 5.94. The fraction of sp³-hybridized carbons (Fsp3) is 0.500. The number of nitrogens with two attached hydrogens (primary N) is 1. The molecule has 2 aromatic rings. The topological polar surface area (TPSA) is 108 Å². The standard InChI is InChI=1S/C22H29N3O5/c1-15-4-6-17(7-5-15)29-14-18-16(2)30-24-19(18)20(26)25-11-8-22(9-12-25,21(23)27)10-13-28-3/h4-7H,8-14H2,1-3H3,(H2,23,27). The van der Waals surface area contributed by atoms with E-state index in [9.17, 15) is 9.59 Å². The zero-order valence-corrected chi connectivity index (χ0v) is 17.8. The van der Waals surface area contributed by atoms with Crippen molar-refractivity contribution in [2.45, 2.75) is 39.7 Å². The number of methoxy groups -OCH3 is 1. The maximum absolute atomic E-state index is 13.1. The van der Waals surface area contributed by atoms with Crippen molar-refractivity contribution in [2.24, 2.45) is 11.1 Å². The minimum absolute atomic E-state index is 0.187. The van der Waals surface area contributed by atoms with Crippen LogP contribution in [0.25, 0.3) is 0 Å². The SMILES string of the molecule is COCCC1(C(N)=O)CCN(C(=O)c2noc(C)c2COc2ccc(C)cc2)CC1. The molecule has 1 saturated heterocycles. The molecule has 1 aliphatic rings. The molecule has 0 aliphatic carbocycles. The zero-order chi connectivity index (χ0) is 21.7. The smallest absolute Gasteiger partial charge is 0.276 e. The van der Waals surface area contributed by atoms with Crippen LogP contribution in [-0.2, 0) is 16.1 Å². The predicted molar refractivity (Wildman–Crippen MR) is 110 cm³/mol. The molecule has 2 amide bonds. The van der Waals surface area contributed by atoms with Crippen LogP contribution in [-0.4, -0.2) is 48.7 Å². The number of aromatic nitrogens is 1. The Labute approximate surface area is 176 Å². The van der Waals surface area contributed by atoms with E-state index in [0.29, 0.717) is 56.0 Å². The lowest BCUT2D eigenvalue weighted by Crippen LogP contribution is -2.49. The van der Waals surface area contributed by atoms with E-state index in [1.54, 1.807) is 18.9 Å². The van der Waals surface area contributed by atoms with Crippen molar-refractivity contribution in [2.75, 3.05) is 26.8 Å². The molecule has 1 fully saturated rings. The monoisotopic (exact) mass is 415 g/mol. The molecule has 1 aromatic heterocycles. The fourth-order valence-corrected chi connectivity index (χ4v) is 3.72. The summed E-state index contributed by atoms with van der Waals surface area (Å²) in [4.78, 5) is 26.8. The maximum atomic E-state index is 13.1. The van der Waals surface area contributed by atoms with E-state index in [4.69, 9.17) is 19.7 Å². The molecule has 0 atom stereocenters. The molecule has 2 N–H and O–H groups in total. The Morgan fingerprint density at radius 3 is 2.47 bits per heavy atom. The van der Waals surface area contributed by atoms with Crippen LogP contribution in [0.4, 0.5) is 0 Å². The molecule has 0 saturated carbocycles. The zero-order valence-electron chi connectivity index (χ0n) is 17.8. The van der Waals surface area contributed by atoms with Gasteiger partial charge in [0.05, 0.1) is 11.0 Å². The first-order valence-corrected chi connectivity index (χ1v) is 10.1. The normalized spacial score (nSPS) is 15.8. The van der Waals surface area contributed by atoms with Gasteiger partial charge in [-0.3, -0.25) is 9.59 Å². The minimum atomic E-state index is -0.635. The molecule has 8 nitrogen and oxygen atoms in total. The summed E-state index contributed by atoms with van der Waals surface area (Å²) >= 11 is 0. The summed E-state index contributed by atoms with van der Waals surface area (Å²) < 4.78 is 16.2. The van der Waals surface area contributed by atoms with Gasteiger partial charge in [-0.25, -0.2) is 0 Å². The molecule has 1 aliphatic heterocycles. The first kappa shape index (κ1) is 21.8. The van der Waals surface area contributed by atoms with Crippen LogP contribution in [0.1, 0.15) is 46.6 Å². The summed E-state index contributed by atoms with van der Waals surface area (Å²) in [7, 11) is 1.60. The summed E-state index contributed by atoms with van der Waals surface area (Å²) in [6.45, 7) is 5.26. The number of hydrogen-bond acceptors (Lipinski definition) is 6. The van der Waals surface area contributed by atoms with Crippen molar-refractivity contribution in [3.8, 4) is 5.75 Å². The van der Waals surface area contributed by atoms with Crippen LogP contribution < -0.4 is 10.5 Å². The van der Waals surface area contributed by atoms with Crippen LogP contribution in [0.3, 0.4) is 0 Å². The predicted octanol–water partition coefficient (Wildman–Crippen LogP) is 2.61. The van der Waals surface area contributed by atoms with Gasteiger partial charge in [0.2, 0.25) is 5.91 Å². The number of rotatable bonds is 8. The van der Waals surface area contributed by atoms with Crippen LogP contribution >= 0.6 is 0 Å². The number of hydrogen-bond donors (Lipinski definition) is 1. The highest BCUT2D eigenvalue weighted by atomic mass is 16.5.